The lowest BCUT2D eigenvalue weighted by molar-refractivity contribution is 0.0998. The molecule has 0 unspecified atom stereocenters. The molecule has 2 N–H and O–H groups in total. The van der Waals surface area contributed by atoms with Crippen LogP contribution in [-0.4, -0.2) is 37.2 Å². The van der Waals surface area contributed by atoms with Crippen molar-refractivity contribution in [1.82, 2.24) is 4.98 Å². The number of nitrogens with two attached hydrogens (primary N) is 1. The first-order valence-corrected chi connectivity index (χ1v) is 5.26. The monoisotopic (exact) mass is 232 g/mol. The van der Waals surface area contributed by atoms with Crippen molar-refractivity contribution in [3.63, 3.8) is 0 Å². The van der Waals surface area contributed by atoms with Gasteiger partial charge in [-0.1, -0.05) is 0 Å². The van der Waals surface area contributed by atoms with Crippen LogP contribution in [-0.2, 0) is 4.74 Å². The summed E-state index contributed by atoms with van der Waals surface area (Å²) in [4.78, 5) is 17.4. The zero-order valence-corrected chi connectivity index (χ0v) is 9.22. The summed E-state index contributed by atoms with van der Waals surface area (Å²) in [5.74, 6) is -0.0664. The summed E-state index contributed by atoms with van der Waals surface area (Å²) in [5.41, 5.74) is 5.91. The predicted molar refractivity (Wildman–Crippen MR) is 60.5 cm³/mol. The van der Waals surface area contributed by atoms with E-state index in [9.17, 15) is 4.79 Å². The Labute approximate surface area is 98.6 Å². The van der Waals surface area contributed by atoms with Gasteiger partial charge in [0.15, 0.2) is 0 Å². The van der Waals surface area contributed by atoms with E-state index in [2.05, 4.69) is 4.98 Å². The number of amides is 1. The molecule has 17 heavy (non-hydrogen) atoms. The minimum Gasteiger partial charge on any atom is -0.378 e. The third-order valence-corrected chi connectivity index (χ3v) is 2.57. The third-order valence-electron chi connectivity index (χ3n) is 2.57. The number of ether oxygens (including phenoxy) is 1. The molecule has 0 aromatic carbocycles. The number of aromatic nitrogens is 1. The van der Waals surface area contributed by atoms with Gasteiger partial charge in [0.05, 0.1) is 18.8 Å². The number of morpholine rings is 1. The molecule has 2 heterocycles. The fourth-order valence-electron chi connectivity index (χ4n) is 1.72. The Balaban J connectivity index is 2.41. The number of hydrogen-bond acceptors (Lipinski definition) is 5. The van der Waals surface area contributed by atoms with E-state index in [0.29, 0.717) is 37.7 Å². The number of nitriles is 1. The van der Waals surface area contributed by atoms with E-state index in [1.54, 1.807) is 6.07 Å². The van der Waals surface area contributed by atoms with Gasteiger partial charge in [-0.25, -0.2) is 4.98 Å². The number of hydrogen-bond donors (Lipinski definition) is 1. The lowest BCUT2D eigenvalue weighted by atomic mass is 10.2. The highest BCUT2D eigenvalue weighted by molar-refractivity contribution is 5.97. The second-order valence-electron chi connectivity index (χ2n) is 3.64. The maximum absolute atomic E-state index is 11.3. The first kappa shape index (κ1) is 11.4. The van der Waals surface area contributed by atoms with Gasteiger partial charge < -0.3 is 15.4 Å². The second-order valence-corrected chi connectivity index (χ2v) is 3.64. The first-order chi connectivity index (χ1) is 8.22. The van der Waals surface area contributed by atoms with Crippen LogP contribution in [0.4, 0.5) is 5.82 Å². The number of pyridine rings is 1. The maximum Gasteiger partial charge on any atom is 0.252 e. The SMILES string of the molecule is N#Cc1ccc(C(N)=O)c(N2CCOCC2)n1. The Morgan fingerprint density at radius 3 is 2.76 bits per heavy atom. The van der Waals surface area contributed by atoms with Crippen molar-refractivity contribution in [2.75, 3.05) is 31.2 Å². The highest BCUT2D eigenvalue weighted by Gasteiger charge is 2.19. The summed E-state index contributed by atoms with van der Waals surface area (Å²) < 4.78 is 5.23. The smallest absolute Gasteiger partial charge is 0.252 e. The second kappa shape index (κ2) is 4.80. The molecule has 1 saturated heterocycles. The largest absolute Gasteiger partial charge is 0.378 e. The Morgan fingerprint density at radius 2 is 2.18 bits per heavy atom. The van der Waals surface area contributed by atoms with Crippen LogP contribution in [0.1, 0.15) is 16.1 Å². The Bertz CT molecular complexity index is 475. The first-order valence-electron chi connectivity index (χ1n) is 5.26. The van der Waals surface area contributed by atoms with Crippen LogP contribution in [0.2, 0.25) is 0 Å². The van der Waals surface area contributed by atoms with Crippen molar-refractivity contribution in [2.24, 2.45) is 5.73 Å². The van der Waals surface area contributed by atoms with Crippen LogP contribution in [0.5, 0.6) is 0 Å². The topological polar surface area (TPSA) is 92.2 Å². The van der Waals surface area contributed by atoms with Gasteiger partial charge in [0, 0.05) is 13.1 Å². The van der Waals surface area contributed by atoms with Crippen LogP contribution in [0.3, 0.4) is 0 Å². The zero-order valence-electron chi connectivity index (χ0n) is 9.22. The average Bonchev–Trinajstić information content (AvgIpc) is 2.39. The van der Waals surface area contributed by atoms with Gasteiger partial charge in [-0.3, -0.25) is 4.79 Å². The molecular formula is C11H12N4O2. The number of nitrogens with zero attached hydrogens (tertiary/aromatic N) is 3. The molecule has 1 aromatic heterocycles. The molecule has 0 spiro atoms. The quantitative estimate of drug-likeness (QED) is 0.768. The van der Waals surface area contributed by atoms with E-state index in [1.165, 1.54) is 6.07 Å². The standard InChI is InChI=1S/C11H12N4O2/c12-7-8-1-2-9(10(13)16)11(14-8)15-3-5-17-6-4-15/h1-2H,3-6H2,(H2,13,16). The molecule has 0 radical (unpaired) electrons. The molecule has 1 aliphatic rings. The molecule has 6 heteroatoms. The number of carbonyl (C=O) groups is 1. The van der Waals surface area contributed by atoms with Crippen LogP contribution in [0.15, 0.2) is 12.1 Å². The molecule has 0 aliphatic carbocycles. The van der Waals surface area contributed by atoms with Crippen LogP contribution < -0.4 is 10.6 Å². The molecule has 2 rings (SSSR count). The lowest BCUT2D eigenvalue weighted by Gasteiger charge is -2.28. The molecule has 0 atom stereocenters. The minimum absolute atomic E-state index is 0.275. The van der Waals surface area contributed by atoms with Gasteiger partial charge in [-0.05, 0) is 12.1 Å². The molecule has 0 bridgehead atoms. The van der Waals surface area contributed by atoms with E-state index in [-0.39, 0.29) is 5.69 Å². The van der Waals surface area contributed by atoms with Gasteiger partial charge in [0.1, 0.15) is 17.6 Å². The lowest BCUT2D eigenvalue weighted by Crippen LogP contribution is -2.38. The number of carbonyl (C=O) groups excluding carboxylic acids is 1. The highest BCUT2D eigenvalue weighted by atomic mass is 16.5. The fourth-order valence-corrected chi connectivity index (χ4v) is 1.72. The minimum atomic E-state index is -0.538. The Hall–Kier alpha value is -2.13. The number of rotatable bonds is 2. The fraction of sp³-hybridized carbons (Fsp3) is 0.364. The van der Waals surface area contributed by atoms with Gasteiger partial charge in [-0.15, -0.1) is 0 Å². The van der Waals surface area contributed by atoms with Gasteiger partial charge in [0.25, 0.3) is 5.91 Å². The summed E-state index contributed by atoms with van der Waals surface area (Å²) in [5, 5.41) is 8.82. The zero-order chi connectivity index (χ0) is 12.3. The van der Waals surface area contributed by atoms with Crippen molar-refractivity contribution in [3.8, 4) is 6.07 Å². The summed E-state index contributed by atoms with van der Waals surface area (Å²) in [6.07, 6.45) is 0. The highest BCUT2D eigenvalue weighted by Crippen LogP contribution is 2.19. The molecule has 88 valence electrons. The van der Waals surface area contributed by atoms with E-state index in [4.69, 9.17) is 15.7 Å². The molecule has 6 nitrogen and oxygen atoms in total. The molecule has 1 aromatic rings. The summed E-state index contributed by atoms with van der Waals surface area (Å²) in [7, 11) is 0. The van der Waals surface area contributed by atoms with Gasteiger partial charge in [0.2, 0.25) is 0 Å². The van der Waals surface area contributed by atoms with E-state index < -0.39 is 5.91 Å². The molecule has 0 saturated carbocycles. The maximum atomic E-state index is 11.3. The van der Waals surface area contributed by atoms with E-state index >= 15 is 0 Å². The Kier molecular flexibility index (Phi) is 3.21. The van der Waals surface area contributed by atoms with Crippen LogP contribution in [0.25, 0.3) is 0 Å². The van der Waals surface area contributed by atoms with Gasteiger partial charge >= 0.3 is 0 Å². The predicted octanol–water partition coefficient (Wildman–Crippen LogP) is -0.111. The van der Waals surface area contributed by atoms with E-state index in [1.807, 2.05) is 11.0 Å². The summed E-state index contributed by atoms with van der Waals surface area (Å²) in [6, 6.07) is 4.98. The molecule has 1 aliphatic heterocycles. The van der Waals surface area contributed by atoms with Crippen molar-refractivity contribution >= 4 is 11.7 Å². The Morgan fingerprint density at radius 1 is 1.47 bits per heavy atom. The third kappa shape index (κ3) is 2.34. The normalized spacial score (nSPS) is 15.4. The summed E-state index contributed by atoms with van der Waals surface area (Å²) in [6.45, 7) is 2.44. The molecule has 1 fully saturated rings. The van der Waals surface area contributed by atoms with Gasteiger partial charge in [-0.2, -0.15) is 5.26 Å². The molecule has 1 amide bonds. The van der Waals surface area contributed by atoms with Crippen molar-refractivity contribution in [3.05, 3.63) is 23.4 Å². The van der Waals surface area contributed by atoms with Crippen LogP contribution in [0, 0.1) is 11.3 Å². The number of primary amides is 1. The number of anilines is 1. The van der Waals surface area contributed by atoms with Crippen molar-refractivity contribution < 1.29 is 9.53 Å². The summed E-state index contributed by atoms with van der Waals surface area (Å²) >= 11 is 0. The average molecular weight is 232 g/mol. The van der Waals surface area contributed by atoms with Crippen molar-refractivity contribution in [1.29, 1.82) is 5.26 Å². The van der Waals surface area contributed by atoms with Crippen LogP contribution >= 0.6 is 0 Å². The molecular weight excluding hydrogens is 220 g/mol. The van der Waals surface area contributed by atoms with E-state index in [0.717, 1.165) is 0 Å². The van der Waals surface area contributed by atoms with Crippen molar-refractivity contribution in [2.45, 2.75) is 0 Å².